The van der Waals surface area contributed by atoms with Gasteiger partial charge in [-0.15, -0.1) is 0 Å². The first-order chi connectivity index (χ1) is 8.11. The van der Waals surface area contributed by atoms with Crippen molar-refractivity contribution in [2.24, 2.45) is 0 Å². The summed E-state index contributed by atoms with van der Waals surface area (Å²) in [5.74, 6) is -1.05. The number of nitrogens with zero attached hydrogens (tertiary/aromatic N) is 2. The van der Waals surface area contributed by atoms with Crippen LogP contribution in [0.3, 0.4) is 0 Å². The van der Waals surface area contributed by atoms with Gasteiger partial charge in [-0.05, 0) is 28.1 Å². The van der Waals surface area contributed by atoms with Crippen molar-refractivity contribution in [3.8, 4) is 17.3 Å². The van der Waals surface area contributed by atoms with Crippen LogP contribution in [0.2, 0.25) is 0 Å². The van der Waals surface area contributed by atoms with Crippen molar-refractivity contribution >= 4 is 33.2 Å². The zero-order valence-electron chi connectivity index (χ0n) is 8.35. The van der Waals surface area contributed by atoms with E-state index in [1.165, 1.54) is 0 Å². The lowest BCUT2D eigenvalue weighted by molar-refractivity contribution is 0.0696. The molecule has 0 aliphatic carbocycles. The number of nitriles is 1. The Bertz CT molecular complexity index is 613. The first-order valence-corrected chi connectivity index (χ1v) is 6.13. The molecule has 0 aliphatic heterocycles. The van der Waals surface area contributed by atoms with Gasteiger partial charge in [0.15, 0.2) is 0 Å². The second kappa shape index (κ2) is 4.65. The summed E-state index contributed by atoms with van der Waals surface area (Å²) in [6.07, 6.45) is 0. The van der Waals surface area contributed by atoms with Gasteiger partial charge in [0, 0.05) is 5.56 Å². The number of aromatic nitrogens is 1. The van der Waals surface area contributed by atoms with Crippen molar-refractivity contribution in [1.82, 2.24) is 4.98 Å². The number of benzene rings is 1. The van der Waals surface area contributed by atoms with Crippen LogP contribution in [-0.4, -0.2) is 16.1 Å². The van der Waals surface area contributed by atoms with Gasteiger partial charge in [-0.2, -0.15) is 5.26 Å². The van der Waals surface area contributed by atoms with Crippen LogP contribution in [-0.2, 0) is 0 Å². The van der Waals surface area contributed by atoms with Gasteiger partial charge in [-0.3, -0.25) is 0 Å². The summed E-state index contributed by atoms with van der Waals surface area (Å²) in [7, 11) is 0. The van der Waals surface area contributed by atoms with E-state index in [2.05, 4.69) is 20.9 Å². The number of hydrogen-bond donors (Lipinski definition) is 1. The Labute approximate surface area is 109 Å². The summed E-state index contributed by atoms with van der Waals surface area (Å²) >= 11 is 4.35. The lowest BCUT2D eigenvalue weighted by Gasteiger charge is -1.97. The molecular weight excluding hydrogens is 304 g/mol. The Morgan fingerprint density at radius 3 is 2.53 bits per heavy atom. The molecule has 2 aromatic rings. The molecule has 0 atom stereocenters. The van der Waals surface area contributed by atoms with Crippen LogP contribution in [0.5, 0.6) is 0 Å². The molecular formula is C11H5BrN2O2S. The van der Waals surface area contributed by atoms with Gasteiger partial charge in [0.1, 0.15) is 0 Å². The van der Waals surface area contributed by atoms with Crippen LogP contribution in [0.4, 0.5) is 0 Å². The number of carboxylic acid groups (broad SMARTS) is 1. The number of thiazole rings is 1. The molecule has 0 amide bonds. The molecule has 4 nitrogen and oxygen atoms in total. The SMILES string of the molecule is N#Cc1ccc(-c2nc(C(=O)O)sc2Br)cc1. The highest BCUT2D eigenvalue weighted by molar-refractivity contribution is 9.11. The van der Waals surface area contributed by atoms with E-state index in [-0.39, 0.29) is 5.01 Å². The minimum absolute atomic E-state index is 0.0382. The number of rotatable bonds is 2. The van der Waals surface area contributed by atoms with Gasteiger partial charge < -0.3 is 5.11 Å². The zero-order valence-corrected chi connectivity index (χ0v) is 10.7. The average molecular weight is 309 g/mol. The van der Waals surface area contributed by atoms with Crippen LogP contribution in [0.1, 0.15) is 15.4 Å². The molecule has 0 unspecified atom stereocenters. The molecule has 0 fully saturated rings. The van der Waals surface area contributed by atoms with Crippen molar-refractivity contribution in [2.45, 2.75) is 0 Å². The Morgan fingerprint density at radius 2 is 2.06 bits per heavy atom. The molecule has 1 N–H and O–H groups in total. The fraction of sp³-hybridized carbons (Fsp3) is 0. The van der Waals surface area contributed by atoms with E-state index in [4.69, 9.17) is 10.4 Å². The third-order valence-electron chi connectivity index (χ3n) is 2.06. The van der Waals surface area contributed by atoms with Crippen molar-refractivity contribution in [1.29, 1.82) is 5.26 Å². The predicted octanol–water partition coefficient (Wildman–Crippen LogP) is 3.14. The van der Waals surface area contributed by atoms with Crippen molar-refractivity contribution in [2.75, 3.05) is 0 Å². The monoisotopic (exact) mass is 308 g/mol. The molecule has 6 heteroatoms. The maximum absolute atomic E-state index is 10.8. The standard InChI is InChI=1S/C11H5BrN2O2S/c12-9-8(14-10(17-9)11(15)16)7-3-1-6(5-13)2-4-7/h1-4H,(H,15,16). The van der Waals surface area contributed by atoms with Gasteiger partial charge >= 0.3 is 5.97 Å². The molecule has 0 saturated heterocycles. The highest BCUT2D eigenvalue weighted by atomic mass is 79.9. The summed E-state index contributed by atoms with van der Waals surface area (Å²) in [6, 6.07) is 8.84. The molecule has 0 radical (unpaired) electrons. The molecule has 0 spiro atoms. The van der Waals surface area contributed by atoms with Crippen LogP contribution < -0.4 is 0 Å². The van der Waals surface area contributed by atoms with E-state index < -0.39 is 5.97 Å². The fourth-order valence-electron chi connectivity index (χ4n) is 1.27. The van der Waals surface area contributed by atoms with Gasteiger partial charge in [0.2, 0.25) is 5.01 Å². The number of aromatic carboxylic acids is 1. The third-order valence-corrected chi connectivity index (χ3v) is 3.75. The normalized spacial score (nSPS) is 9.88. The fourth-order valence-corrected chi connectivity index (χ4v) is 2.71. The first-order valence-electron chi connectivity index (χ1n) is 4.52. The summed E-state index contributed by atoms with van der Waals surface area (Å²) in [6.45, 7) is 0. The molecule has 2 rings (SSSR count). The second-order valence-corrected chi connectivity index (χ2v) is 5.45. The topological polar surface area (TPSA) is 74.0 Å². The Hall–Kier alpha value is -1.71. The number of carboxylic acids is 1. The van der Waals surface area contributed by atoms with Crippen LogP contribution in [0, 0.1) is 11.3 Å². The molecule has 0 saturated carbocycles. The molecule has 0 bridgehead atoms. The van der Waals surface area contributed by atoms with E-state index in [1.807, 2.05) is 6.07 Å². The maximum atomic E-state index is 10.8. The summed E-state index contributed by atoms with van der Waals surface area (Å²) in [5, 5.41) is 17.6. The van der Waals surface area contributed by atoms with Gasteiger partial charge in [0.25, 0.3) is 0 Å². The minimum Gasteiger partial charge on any atom is -0.476 e. The van der Waals surface area contributed by atoms with E-state index in [0.29, 0.717) is 15.0 Å². The van der Waals surface area contributed by atoms with Gasteiger partial charge in [-0.25, -0.2) is 9.78 Å². The molecule has 1 aromatic carbocycles. The molecule has 84 valence electrons. The smallest absolute Gasteiger partial charge is 0.365 e. The summed E-state index contributed by atoms with van der Waals surface area (Å²) in [5.41, 5.74) is 1.91. The Kier molecular flexibility index (Phi) is 3.22. The highest BCUT2D eigenvalue weighted by Gasteiger charge is 2.15. The Morgan fingerprint density at radius 1 is 1.41 bits per heavy atom. The van der Waals surface area contributed by atoms with Crippen molar-refractivity contribution < 1.29 is 9.90 Å². The maximum Gasteiger partial charge on any atom is 0.365 e. The molecule has 1 heterocycles. The molecule has 1 aromatic heterocycles. The van der Waals surface area contributed by atoms with E-state index in [1.54, 1.807) is 24.3 Å². The third kappa shape index (κ3) is 2.35. The van der Waals surface area contributed by atoms with Crippen molar-refractivity contribution in [3.05, 3.63) is 38.6 Å². The zero-order chi connectivity index (χ0) is 12.4. The quantitative estimate of drug-likeness (QED) is 0.925. The molecule has 17 heavy (non-hydrogen) atoms. The van der Waals surface area contributed by atoms with E-state index >= 15 is 0 Å². The lowest BCUT2D eigenvalue weighted by atomic mass is 10.1. The predicted molar refractivity (Wildman–Crippen MR) is 66.9 cm³/mol. The lowest BCUT2D eigenvalue weighted by Crippen LogP contribution is -1.94. The van der Waals surface area contributed by atoms with Crippen LogP contribution >= 0.6 is 27.3 Å². The van der Waals surface area contributed by atoms with Crippen LogP contribution in [0.15, 0.2) is 28.1 Å². The highest BCUT2D eigenvalue weighted by Crippen LogP contribution is 2.32. The van der Waals surface area contributed by atoms with E-state index in [0.717, 1.165) is 16.9 Å². The minimum atomic E-state index is -1.05. The van der Waals surface area contributed by atoms with E-state index in [9.17, 15) is 4.79 Å². The van der Waals surface area contributed by atoms with Crippen molar-refractivity contribution in [3.63, 3.8) is 0 Å². The van der Waals surface area contributed by atoms with Crippen LogP contribution in [0.25, 0.3) is 11.3 Å². The number of halogens is 1. The Balaban J connectivity index is 2.46. The number of hydrogen-bond acceptors (Lipinski definition) is 4. The largest absolute Gasteiger partial charge is 0.476 e. The summed E-state index contributed by atoms with van der Waals surface area (Å²) in [4.78, 5) is 14.8. The summed E-state index contributed by atoms with van der Waals surface area (Å²) < 4.78 is 0.666. The van der Waals surface area contributed by atoms with Gasteiger partial charge in [-0.1, -0.05) is 23.5 Å². The van der Waals surface area contributed by atoms with Gasteiger partial charge in [0.05, 0.1) is 21.1 Å². The first kappa shape index (κ1) is 11.8. The average Bonchev–Trinajstić information content (AvgIpc) is 2.72. The second-order valence-electron chi connectivity index (χ2n) is 3.14. The number of carbonyl (C=O) groups is 1. The molecule has 0 aliphatic rings.